The van der Waals surface area contributed by atoms with E-state index in [0.29, 0.717) is 31.3 Å². The van der Waals surface area contributed by atoms with Gasteiger partial charge in [0.15, 0.2) is 0 Å². The third kappa shape index (κ3) is 4.97. The molecule has 4 aliphatic rings. The van der Waals surface area contributed by atoms with Gasteiger partial charge in [-0.15, -0.1) is 0 Å². The number of likely N-dealkylation sites (tertiary alicyclic amines) is 1. The normalized spacial score (nSPS) is 40.1. The number of fused-ring (bicyclic) bond motifs is 1. The average molecular weight is 453 g/mol. The minimum atomic E-state index is -0.788. The maximum Gasteiger partial charge on any atom is 0.248 e. The van der Waals surface area contributed by atoms with E-state index in [4.69, 9.17) is 0 Å². The molecule has 5 unspecified atom stereocenters. The third-order valence-corrected chi connectivity index (χ3v) is 8.60. The molecule has 2 saturated heterocycles. The summed E-state index contributed by atoms with van der Waals surface area (Å²) in [5.74, 6) is 0.239. The highest BCUT2D eigenvalue weighted by atomic mass is 19.1. The largest absolute Gasteiger partial charge is 0.387 e. The molecule has 7 nitrogen and oxygen atoms in total. The fraction of sp³-hybridized carbons (Fsp3) is 0.917. The molecule has 0 bridgehead atoms. The van der Waals surface area contributed by atoms with Crippen LogP contribution < -0.4 is 10.6 Å². The standard InChI is InChI=1S/C24H41FN4O3/c1-3-29(22(31)14-30)18-9-10-28(13-18)17-6-4-5-16(11-17)26-24(32)21-12-19-20(25)8-7-15(2)23(19)27-21/h15-21,23,27,30H,3-14H2,1-2H3,(H,26,32)/t15?,16-,17+,18-,19?,20?,21?,23?/m1/s1. The number of aliphatic hydroxyl groups excluding tert-OH is 1. The summed E-state index contributed by atoms with van der Waals surface area (Å²) >= 11 is 0. The summed E-state index contributed by atoms with van der Waals surface area (Å²) in [6.07, 6.45) is 6.39. The molecule has 2 amide bonds. The highest BCUT2D eigenvalue weighted by Crippen LogP contribution is 2.38. The number of amides is 2. The van der Waals surface area contributed by atoms with E-state index in [-0.39, 0.29) is 41.9 Å². The zero-order chi connectivity index (χ0) is 22.8. The first-order valence-corrected chi connectivity index (χ1v) is 12.8. The molecule has 4 fully saturated rings. The van der Waals surface area contributed by atoms with Crippen molar-refractivity contribution in [2.75, 3.05) is 26.2 Å². The Morgan fingerprint density at radius 1 is 1.19 bits per heavy atom. The summed E-state index contributed by atoms with van der Waals surface area (Å²) in [7, 11) is 0. The van der Waals surface area contributed by atoms with Crippen LogP contribution >= 0.6 is 0 Å². The number of nitrogens with zero attached hydrogens (tertiary/aromatic N) is 2. The van der Waals surface area contributed by atoms with Crippen LogP contribution in [0.15, 0.2) is 0 Å². The van der Waals surface area contributed by atoms with Gasteiger partial charge >= 0.3 is 0 Å². The van der Waals surface area contributed by atoms with Gasteiger partial charge < -0.3 is 20.6 Å². The van der Waals surface area contributed by atoms with Crippen molar-refractivity contribution in [3.63, 3.8) is 0 Å². The van der Waals surface area contributed by atoms with Crippen LogP contribution in [0.3, 0.4) is 0 Å². The number of nitrogens with one attached hydrogen (secondary N) is 2. The third-order valence-electron chi connectivity index (χ3n) is 8.60. The number of alkyl halides is 1. The van der Waals surface area contributed by atoms with Crippen molar-refractivity contribution in [3.8, 4) is 0 Å². The maximum atomic E-state index is 14.4. The lowest BCUT2D eigenvalue weighted by atomic mass is 9.77. The molecule has 8 atom stereocenters. The molecule has 2 saturated carbocycles. The smallest absolute Gasteiger partial charge is 0.248 e. The Hall–Kier alpha value is -1.25. The first-order valence-electron chi connectivity index (χ1n) is 12.8. The Balaban J connectivity index is 1.28. The second kappa shape index (κ2) is 10.3. The quantitative estimate of drug-likeness (QED) is 0.568. The van der Waals surface area contributed by atoms with Crippen molar-refractivity contribution in [1.29, 1.82) is 0 Å². The second-order valence-corrected chi connectivity index (χ2v) is 10.5. The van der Waals surface area contributed by atoms with Crippen molar-refractivity contribution in [3.05, 3.63) is 0 Å². The van der Waals surface area contributed by atoms with Gasteiger partial charge in [-0.2, -0.15) is 0 Å². The Kier molecular flexibility index (Phi) is 7.73. The van der Waals surface area contributed by atoms with Gasteiger partial charge in [-0.25, -0.2) is 4.39 Å². The number of carbonyl (C=O) groups is 2. The van der Waals surface area contributed by atoms with E-state index in [1.54, 1.807) is 4.90 Å². The summed E-state index contributed by atoms with van der Waals surface area (Å²) in [6.45, 7) is 6.11. The number of aliphatic hydroxyl groups is 1. The summed E-state index contributed by atoms with van der Waals surface area (Å²) in [6, 6.07) is 0.582. The van der Waals surface area contributed by atoms with Crippen LogP contribution in [0.2, 0.25) is 0 Å². The molecule has 8 heteroatoms. The zero-order valence-corrected chi connectivity index (χ0v) is 19.6. The first kappa shape index (κ1) is 23.9. The van der Waals surface area contributed by atoms with E-state index in [1.165, 1.54) is 0 Å². The van der Waals surface area contributed by atoms with Gasteiger partial charge in [-0.05, 0) is 64.2 Å². The summed E-state index contributed by atoms with van der Waals surface area (Å²) in [5, 5.41) is 16.0. The van der Waals surface area contributed by atoms with E-state index < -0.39 is 12.8 Å². The number of rotatable bonds is 6. The van der Waals surface area contributed by atoms with Crippen LogP contribution in [0.25, 0.3) is 0 Å². The van der Waals surface area contributed by atoms with E-state index in [9.17, 15) is 19.1 Å². The SMILES string of the molecule is CCN(C(=O)CO)[C@@H]1CCN([C@H]2CCC[C@@H](NC(=O)C3CC4C(F)CCC(C)C4N3)C2)C1. The molecule has 2 heterocycles. The molecular weight excluding hydrogens is 411 g/mol. The lowest BCUT2D eigenvalue weighted by Gasteiger charge is -2.36. The number of hydrogen-bond acceptors (Lipinski definition) is 5. The second-order valence-electron chi connectivity index (χ2n) is 10.5. The first-order chi connectivity index (χ1) is 15.4. The Morgan fingerprint density at radius 3 is 2.72 bits per heavy atom. The van der Waals surface area contributed by atoms with Gasteiger partial charge in [-0.1, -0.05) is 6.92 Å². The lowest BCUT2D eigenvalue weighted by Crippen LogP contribution is -2.51. The number of carbonyl (C=O) groups excluding carboxylic acids is 2. The predicted molar refractivity (Wildman–Crippen MR) is 121 cm³/mol. The Morgan fingerprint density at radius 2 is 2.00 bits per heavy atom. The van der Waals surface area contributed by atoms with E-state index >= 15 is 0 Å². The summed E-state index contributed by atoms with van der Waals surface area (Å²) in [5.41, 5.74) is 0. The van der Waals surface area contributed by atoms with Gasteiger partial charge in [0.05, 0.1) is 6.04 Å². The molecule has 0 aromatic heterocycles. The lowest BCUT2D eigenvalue weighted by molar-refractivity contribution is -0.136. The number of hydrogen-bond donors (Lipinski definition) is 3. The van der Waals surface area contributed by atoms with Crippen LogP contribution in [-0.2, 0) is 9.59 Å². The van der Waals surface area contributed by atoms with Gasteiger partial charge in [0, 0.05) is 49.7 Å². The van der Waals surface area contributed by atoms with Gasteiger partial charge in [0.1, 0.15) is 12.8 Å². The number of halogens is 1. The Bertz CT molecular complexity index is 662. The van der Waals surface area contributed by atoms with Crippen LogP contribution in [-0.4, -0.2) is 89.3 Å². The highest BCUT2D eigenvalue weighted by Gasteiger charge is 2.46. The molecule has 3 N–H and O–H groups in total. The highest BCUT2D eigenvalue weighted by molar-refractivity contribution is 5.82. The predicted octanol–water partition coefficient (Wildman–Crippen LogP) is 1.44. The molecule has 2 aliphatic carbocycles. The molecule has 0 aromatic carbocycles. The molecule has 182 valence electrons. The van der Waals surface area contributed by atoms with Crippen molar-refractivity contribution in [1.82, 2.24) is 20.4 Å². The maximum absolute atomic E-state index is 14.4. The van der Waals surface area contributed by atoms with Crippen molar-refractivity contribution < 1.29 is 19.1 Å². The van der Waals surface area contributed by atoms with E-state index in [2.05, 4.69) is 22.5 Å². The topological polar surface area (TPSA) is 84.9 Å². The monoisotopic (exact) mass is 452 g/mol. The molecule has 0 spiro atoms. The molecule has 0 radical (unpaired) electrons. The zero-order valence-electron chi connectivity index (χ0n) is 19.6. The molecule has 0 aromatic rings. The van der Waals surface area contributed by atoms with Crippen molar-refractivity contribution >= 4 is 11.8 Å². The van der Waals surface area contributed by atoms with Gasteiger partial charge in [0.2, 0.25) is 11.8 Å². The van der Waals surface area contributed by atoms with Crippen LogP contribution in [0.4, 0.5) is 4.39 Å². The average Bonchev–Trinajstić information content (AvgIpc) is 3.46. The minimum absolute atomic E-state index is 0.0294. The minimum Gasteiger partial charge on any atom is -0.387 e. The van der Waals surface area contributed by atoms with Crippen LogP contribution in [0.1, 0.15) is 65.2 Å². The van der Waals surface area contributed by atoms with Crippen molar-refractivity contribution in [2.24, 2.45) is 11.8 Å². The molecule has 2 aliphatic heterocycles. The van der Waals surface area contributed by atoms with Gasteiger partial charge in [-0.3, -0.25) is 14.5 Å². The summed E-state index contributed by atoms with van der Waals surface area (Å²) in [4.78, 5) is 29.3. The fourth-order valence-electron chi connectivity index (χ4n) is 6.81. The molecular formula is C24H41FN4O3. The molecule has 32 heavy (non-hydrogen) atoms. The van der Waals surface area contributed by atoms with Gasteiger partial charge in [0.25, 0.3) is 0 Å². The van der Waals surface area contributed by atoms with Crippen LogP contribution in [0.5, 0.6) is 0 Å². The van der Waals surface area contributed by atoms with E-state index in [1.807, 2.05) is 6.92 Å². The van der Waals surface area contributed by atoms with Crippen molar-refractivity contribution in [2.45, 2.75) is 102 Å². The van der Waals surface area contributed by atoms with Crippen LogP contribution in [0, 0.1) is 11.8 Å². The van der Waals surface area contributed by atoms with E-state index in [0.717, 1.165) is 51.6 Å². The fourth-order valence-corrected chi connectivity index (χ4v) is 6.81. The Labute approximate surface area is 191 Å². The molecule has 4 rings (SSSR count). The summed E-state index contributed by atoms with van der Waals surface area (Å²) < 4.78 is 14.4. The number of likely N-dealkylation sites (N-methyl/N-ethyl adjacent to an activating group) is 1.